The number of amides is 2. The van der Waals surface area contributed by atoms with Crippen molar-refractivity contribution in [2.24, 2.45) is 7.05 Å². The number of hydrogen-bond acceptors (Lipinski definition) is 5. The molecule has 0 bridgehead atoms. The summed E-state index contributed by atoms with van der Waals surface area (Å²) in [5.74, 6) is 0.597. The van der Waals surface area contributed by atoms with Gasteiger partial charge < -0.3 is 10.2 Å². The Morgan fingerprint density at radius 2 is 1.70 bits per heavy atom. The lowest BCUT2D eigenvalue weighted by atomic mass is 9.93. The van der Waals surface area contributed by atoms with Crippen molar-refractivity contribution < 1.29 is 9.59 Å². The highest BCUT2D eigenvalue weighted by molar-refractivity contribution is 7.97. The summed E-state index contributed by atoms with van der Waals surface area (Å²) < 4.78 is 4.19. The fourth-order valence-corrected chi connectivity index (χ4v) is 3.61. The number of hydrogen-bond donors (Lipinski definition) is 2. The zero-order valence-corrected chi connectivity index (χ0v) is 19.5. The number of benzene rings is 1. The van der Waals surface area contributed by atoms with Crippen molar-refractivity contribution >= 4 is 30.0 Å². The Morgan fingerprint density at radius 1 is 1.13 bits per heavy atom. The van der Waals surface area contributed by atoms with E-state index in [-0.39, 0.29) is 6.03 Å². The molecular formula is C22H33N5O2S. The normalized spacial score (nSPS) is 13.5. The topological polar surface area (TPSA) is 79.3 Å². The second-order valence-electron chi connectivity index (χ2n) is 8.08. The number of urea groups is 1. The highest BCUT2D eigenvalue weighted by Crippen LogP contribution is 2.32. The molecule has 30 heavy (non-hydrogen) atoms. The molecular weight excluding hydrogens is 398 g/mol. The number of nitrogens with one attached hydrogen (secondary N) is 2. The van der Waals surface area contributed by atoms with Gasteiger partial charge >= 0.3 is 6.03 Å². The quantitative estimate of drug-likeness (QED) is 0.515. The number of aryl methyl sites for hydroxylation is 1. The van der Waals surface area contributed by atoms with E-state index in [0.717, 1.165) is 35.0 Å². The predicted molar refractivity (Wildman–Crippen MR) is 123 cm³/mol. The summed E-state index contributed by atoms with van der Waals surface area (Å²) in [4.78, 5) is 25.5. The van der Waals surface area contributed by atoms with E-state index < -0.39 is 0 Å². The van der Waals surface area contributed by atoms with Gasteiger partial charge in [0, 0.05) is 30.7 Å². The molecule has 1 saturated heterocycles. The Morgan fingerprint density at radius 3 is 2.10 bits per heavy atom. The Labute approximate surface area is 183 Å². The lowest BCUT2D eigenvalue weighted by Gasteiger charge is -2.24. The maximum Gasteiger partial charge on any atom is 0.329 e. The SMILES string of the molecule is CC(C)c1cccc(C(C)C)c1NC(=O)NSc1cc(C=O)n(C)n1.CN1CCC1. The van der Waals surface area contributed by atoms with E-state index in [1.165, 1.54) is 24.2 Å². The molecule has 0 atom stereocenters. The number of carbonyl (C=O) groups excluding carboxylic acids is 2. The molecule has 8 heteroatoms. The zero-order chi connectivity index (χ0) is 22.3. The second kappa shape index (κ2) is 11.2. The minimum absolute atomic E-state index is 0.299. The van der Waals surface area contributed by atoms with Gasteiger partial charge in [-0.15, -0.1) is 0 Å². The Bertz CT molecular complexity index is 833. The summed E-state index contributed by atoms with van der Waals surface area (Å²) in [5, 5.41) is 7.69. The number of aromatic nitrogens is 2. The maximum absolute atomic E-state index is 12.3. The predicted octanol–water partition coefficient (Wildman–Crippen LogP) is 4.63. The van der Waals surface area contributed by atoms with Crippen molar-refractivity contribution in [2.75, 3.05) is 25.5 Å². The Balaban J connectivity index is 0.000000558. The lowest BCUT2D eigenvalue weighted by Crippen LogP contribution is -2.32. The third kappa shape index (κ3) is 6.60. The van der Waals surface area contributed by atoms with Crippen LogP contribution in [0.3, 0.4) is 0 Å². The van der Waals surface area contributed by atoms with Crippen LogP contribution in [-0.4, -0.2) is 47.1 Å². The van der Waals surface area contributed by atoms with E-state index >= 15 is 0 Å². The highest BCUT2D eigenvalue weighted by atomic mass is 32.2. The first-order valence-electron chi connectivity index (χ1n) is 10.3. The monoisotopic (exact) mass is 431 g/mol. The number of anilines is 1. The highest BCUT2D eigenvalue weighted by Gasteiger charge is 2.16. The molecule has 1 aromatic heterocycles. The molecule has 1 aliphatic rings. The fraction of sp³-hybridized carbons (Fsp3) is 0.500. The van der Waals surface area contributed by atoms with Crippen LogP contribution >= 0.6 is 11.9 Å². The summed E-state index contributed by atoms with van der Waals surface area (Å²) in [7, 11) is 3.82. The van der Waals surface area contributed by atoms with Crippen LogP contribution in [0.5, 0.6) is 0 Å². The number of aldehydes is 1. The van der Waals surface area contributed by atoms with Gasteiger partial charge in [0.1, 0.15) is 10.7 Å². The van der Waals surface area contributed by atoms with E-state index in [4.69, 9.17) is 0 Å². The maximum atomic E-state index is 12.3. The van der Waals surface area contributed by atoms with Gasteiger partial charge in [-0.25, -0.2) is 4.79 Å². The first-order chi connectivity index (χ1) is 14.2. The zero-order valence-electron chi connectivity index (χ0n) is 18.7. The fourth-order valence-electron chi connectivity index (χ4n) is 3.02. The Hall–Kier alpha value is -2.32. The van der Waals surface area contributed by atoms with Crippen molar-refractivity contribution in [3.05, 3.63) is 41.1 Å². The molecule has 2 amide bonds. The van der Waals surface area contributed by atoms with Crippen molar-refractivity contribution in [1.82, 2.24) is 19.4 Å². The summed E-state index contributed by atoms with van der Waals surface area (Å²) in [6, 6.07) is 7.40. The molecule has 2 heterocycles. The molecule has 1 aromatic carbocycles. The molecule has 0 spiro atoms. The molecule has 0 aliphatic carbocycles. The minimum atomic E-state index is -0.321. The van der Waals surface area contributed by atoms with Gasteiger partial charge in [0.15, 0.2) is 6.29 Å². The largest absolute Gasteiger partial charge is 0.329 e. The molecule has 164 valence electrons. The number of nitrogens with zero attached hydrogens (tertiary/aromatic N) is 3. The summed E-state index contributed by atoms with van der Waals surface area (Å²) >= 11 is 1.07. The van der Waals surface area contributed by atoms with Gasteiger partial charge in [0.25, 0.3) is 0 Å². The standard InChI is InChI=1S/C18H24N4O2S.C4H9N/c1-11(2)14-7-6-8-15(12(3)4)17(14)19-18(24)21-25-16-9-13(10-23)22(5)20-16;1-5-3-2-4-5/h6-12H,1-5H3,(H2,19,21,24);2-4H2,1H3. The van der Waals surface area contributed by atoms with Gasteiger partial charge in [0.05, 0.1) is 0 Å². The molecule has 2 aromatic rings. The van der Waals surface area contributed by atoms with Gasteiger partial charge in [-0.1, -0.05) is 45.9 Å². The number of likely N-dealkylation sites (tertiary alicyclic amines) is 1. The van der Waals surface area contributed by atoms with Crippen LogP contribution in [0.4, 0.5) is 10.5 Å². The smallest absolute Gasteiger partial charge is 0.307 e. The molecule has 1 aliphatic heterocycles. The van der Waals surface area contributed by atoms with Crippen LogP contribution < -0.4 is 10.0 Å². The van der Waals surface area contributed by atoms with Crippen molar-refractivity contribution in [3.8, 4) is 0 Å². The van der Waals surface area contributed by atoms with E-state index in [2.05, 4.69) is 54.8 Å². The van der Waals surface area contributed by atoms with Gasteiger partial charge in [-0.3, -0.25) is 14.2 Å². The molecule has 0 radical (unpaired) electrons. The molecule has 3 rings (SSSR count). The van der Waals surface area contributed by atoms with Crippen LogP contribution in [0, 0.1) is 0 Å². The summed E-state index contributed by atoms with van der Waals surface area (Å²) in [6.45, 7) is 11.1. The van der Waals surface area contributed by atoms with Crippen LogP contribution in [-0.2, 0) is 7.05 Å². The first kappa shape index (κ1) is 24.0. The third-order valence-corrected chi connectivity index (χ3v) is 5.65. The third-order valence-electron chi connectivity index (χ3n) is 4.95. The van der Waals surface area contributed by atoms with Crippen LogP contribution in [0.2, 0.25) is 0 Å². The van der Waals surface area contributed by atoms with E-state index in [0.29, 0.717) is 22.6 Å². The lowest BCUT2D eigenvalue weighted by molar-refractivity contribution is 0.111. The molecule has 0 unspecified atom stereocenters. The molecule has 7 nitrogen and oxygen atoms in total. The van der Waals surface area contributed by atoms with Gasteiger partial charge in [-0.2, -0.15) is 5.10 Å². The summed E-state index contributed by atoms with van der Waals surface area (Å²) in [5.41, 5.74) is 3.53. The molecule has 1 fully saturated rings. The number of para-hydroxylation sites is 1. The average molecular weight is 432 g/mol. The van der Waals surface area contributed by atoms with Crippen molar-refractivity contribution in [2.45, 2.75) is 51.0 Å². The van der Waals surface area contributed by atoms with Gasteiger partial charge in [0.2, 0.25) is 0 Å². The number of rotatable bonds is 6. The second-order valence-corrected chi connectivity index (χ2v) is 8.91. The van der Waals surface area contributed by atoms with Crippen molar-refractivity contribution in [3.63, 3.8) is 0 Å². The van der Waals surface area contributed by atoms with E-state index in [1.807, 2.05) is 18.2 Å². The Kier molecular flexibility index (Phi) is 8.92. The number of carbonyl (C=O) groups is 2. The van der Waals surface area contributed by atoms with E-state index in [9.17, 15) is 9.59 Å². The van der Waals surface area contributed by atoms with Crippen molar-refractivity contribution in [1.29, 1.82) is 0 Å². The minimum Gasteiger partial charge on any atom is -0.307 e. The average Bonchev–Trinajstić information content (AvgIpc) is 3.04. The molecule has 2 N–H and O–H groups in total. The van der Waals surface area contributed by atoms with Crippen LogP contribution in [0.15, 0.2) is 29.3 Å². The van der Waals surface area contributed by atoms with Crippen LogP contribution in [0.25, 0.3) is 0 Å². The van der Waals surface area contributed by atoms with Crippen LogP contribution in [0.1, 0.15) is 67.6 Å². The first-order valence-corrected chi connectivity index (χ1v) is 11.1. The summed E-state index contributed by atoms with van der Waals surface area (Å²) in [6.07, 6.45) is 2.14. The molecule has 0 saturated carbocycles. The van der Waals surface area contributed by atoms with Gasteiger partial charge in [-0.05, 0) is 49.5 Å². The van der Waals surface area contributed by atoms with E-state index in [1.54, 1.807) is 13.1 Å².